The third-order valence-electron chi connectivity index (χ3n) is 6.91. The van der Waals surface area contributed by atoms with Gasteiger partial charge in [-0.05, 0) is 72.4 Å². The number of hydrogen-bond donors (Lipinski definition) is 2. The minimum absolute atomic E-state index is 0.353. The number of rotatable bonds is 6. The zero-order chi connectivity index (χ0) is 23.9. The highest BCUT2D eigenvalue weighted by Gasteiger charge is 2.35. The number of nitrogens with zero attached hydrogens (tertiary/aromatic N) is 2. The van der Waals surface area contributed by atoms with Gasteiger partial charge in [-0.3, -0.25) is 5.43 Å². The molecule has 1 atom stereocenters. The van der Waals surface area contributed by atoms with Crippen molar-refractivity contribution in [2.45, 2.75) is 51.2 Å². The summed E-state index contributed by atoms with van der Waals surface area (Å²) in [5, 5.41) is 15.4. The van der Waals surface area contributed by atoms with Crippen molar-refractivity contribution in [3.05, 3.63) is 65.0 Å². The number of halogens is 1. The smallest absolute Gasteiger partial charge is 0.154 e. The molecule has 0 saturated carbocycles. The van der Waals surface area contributed by atoms with Gasteiger partial charge in [0.05, 0.1) is 11.3 Å². The number of hydrogen-bond acceptors (Lipinski definition) is 6. The molecular weight excluding hydrogens is 433 g/mol. The van der Waals surface area contributed by atoms with E-state index in [4.69, 9.17) is 9.47 Å². The van der Waals surface area contributed by atoms with Crippen LogP contribution in [0.25, 0.3) is 6.08 Å². The first-order valence-corrected chi connectivity index (χ1v) is 12.0. The molecule has 1 fully saturated rings. The van der Waals surface area contributed by atoms with Crippen LogP contribution in [0.2, 0.25) is 0 Å². The highest BCUT2D eigenvalue weighted by Crippen LogP contribution is 2.40. The van der Waals surface area contributed by atoms with Gasteiger partial charge < -0.3 is 19.5 Å². The fourth-order valence-corrected chi connectivity index (χ4v) is 5.24. The van der Waals surface area contributed by atoms with Crippen LogP contribution in [0.3, 0.4) is 0 Å². The van der Waals surface area contributed by atoms with Gasteiger partial charge in [0.15, 0.2) is 5.84 Å². The van der Waals surface area contributed by atoms with E-state index in [0.717, 1.165) is 29.1 Å². The molecule has 1 saturated heterocycles. The number of amidine groups is 1. The normalized spacial score (nSPS) is 20.3. The van der Waals surface area contributed by atoms with Gasteiger partial charge in [-0.25, -0.2) is 4.39 Å². The van der Waals surface area contributed by atoms with Crippen molar-refractivity contribution in [1.82, 2.24) is 5.43 Å². The Labute approximate surface area is 200 Å². The predicted octanol–water partition coefficient (Wildman–Crippen LogP) is 4.87. The van der Waals surface area contributed by atoms with Gasteiger partial charge >= 0.3 is 0 Å². The second-order valence-electron chi connectivity index (χ2n) is 10.1. The van der Waals surface area contributed by atoms with Crippen LogP contribution in [-0.2, 0) is 15.9 Å². The monoisotopic (exact) mass is 465 g/mol. The largest absolute Gasteiger partial charge is 0.483 e. The number of hydrazone groups is 1. The van der Waals surface area contributed by atoms with Crippen molar-refractivity contribution >= 4 is 17.6 Å². The van der Waals surface area contributed by atoms with Gasteiger partial charge in [0.2, 0.25) is 0 Å². The first-order valence-electron chi connectivity index (χ1n) is 12.0. The van der Waals surface area contributed by atoms with Crippen molar-refractivity contribution in [3.63, 3.8) is 0 Å². The third-order valence-corrected chi connectivity index (χ3v) is 6.91. The van der Waals surface area contributed by atoms with Crippen molar-refractivity contribution < 1.29 is 19.0 Å². The van der Waals surface area contributed by atoms with Crippen LogP contribution in [0.1, 0.15) is 56.7 Å². The summed E-state index contributed by atoms with van der Waals surface area (Å²) in [5.74, 6) is 1.26. The molecule has 34 heavy (non-hydrogen) atoms. The molecule has 3 aliphatic rings. The third kappa shape index (κ3) is 4.30. The average Bonchev–Trinajstić information content (AvgIpc) is 3.28. The summed E-state index contributed by atoms with van der Waals surface area (Å²) < 4.78 is 26.7. The maximum atomic E-state index is 14.7. The lowest BCUT2D eigenvalue weighted by Gasteiger charge is -2.36. The highest BCUT2D eigenvalue weighted by atomic mass is 19.1. The Bertz CT molecular complexity index is 1140. The van der Waals surface area contributed by atoms with Crippen molar-refractivity contribution in [1.29, 1.82) is 0 Å². The lowest BCUT2D eigenvalue weighted by Crippen LogP contribution is -2.34. The molecule has 2 aromatic carbocycles. The summed E-state index contributed by atoms with van der Waals surface area (Å²) in [5.41, 5.74) is 4.99. The number of aliphatic hydroxyl groups is 1. The molecule has 7 heteroatoms. The van der Waals surface area contributed by atoms with E-state index in [1.165, 1.54) is 12.1 Å². The van der Waals surface area contributed by atoms with E-state index in [1.807, 2.05) is 6.08 Å². The Morgan fingerprint density at radius 3 is 2.76 bits per heavy atom. The molecule has 0 spiro atoms. The lowest BCUT2D eigenvalue weighted by molar-refractivity contribution is -0.0683. The maximum absolute atomic E-state index is 14.7. The molecule has 0 amide bonds. The summed E-state index contributed by atoms with van der Waals surface area (Å²) in [4.78, 5) is 2.13. The predicted molar refractivity (Wildman–Crippen MR) is 131 cm³/mol. The van der Waals surface area contributed by atoms with Gasteiger partial charge in [-0.1, -0.05) is 19.9 Å². The molecule has 2 N–H and O–H groups in total. The summed E-state index contributed by atoms with van der Waals surface area (Å²) in [6, 6.07) is 10.9. The SMILES string of the molecule is CC(C)CC(C)(Oc1cc(F)cc(C2(O)CCOCC2)c1)c1ccc2c(c1)C=CC1=NNCN12. The van der Waals surface area contributed by atoms with E-state index in [2.05, 4.69) is 60.5 Å². The summed E-state index contributed by atoms with van der Waals surface area (Å²) in [6.07, 6.45) is 5.69. The summed E-state index contributed by atoms with van der Waals surface area (Å²) in [7, 11) is 0. The molecule has 0 aromatic heterocycles. The molecule has 6 nitrogen and oxygen atoms in total. The molecule has 2 aromatic rings. The van der Waals surface area contributed by atoms with E-state index in [1.54, 1.807) is 6.07 Å². The Morgan fingerprint density at radius 1 is 1.21 bits per heavy atom. The molecule has 0 bridgehead atoms. The molecule has 3 heterocycles. The lowest BCUT2D eigenvalue weighted by atomic mass is 9.85. The standard InChI is InChI=1S/C27H32FN3O3/c1-18(2)16-26(3,20-5-6-24-19(12-20)4-7-25-30-29-17-31(24)25)34-23-14-21(13-22(28)15-23)27(32)8-10-33-11-9-27/h4-7,12-15,18,29,32H,8-11,16-17H2,1-3H3. The number of ether oxygens (including phenoxy) is 2. The maximum Gasteiger partial charge on any atom is 0.154 e. The van der Waals surface area contributed by atoms with Gasteiger partial charge in [-0.2, -0.15) is 5.10 Å². The number of anilines is 1. The molecule has 5 rings (SSSR count). The first kappa shape index (κ1) is 22.9. The van der Waals surface area contributed by atoms with E-state index < -0.39 is 17.0 Å². The van der Waals surface area contributed by atoms with Crippen LogP contribution >= 0.6 is 0 Å². The molecule has 3 aliphatic heterocycles. The zero-order valence-corrected chi connectivity index (χ0v) is 20.0. The summed E-state index contributed by atoms with van der Waals surface area (Å²) >= 11 is 0. The van der Waals surface area contributed by atoms with Gasteiger partial charge in [0, 0.05) is 32.1 Å². The van der Waals surface area contributed by atoms with Crippen LogP contribution < -0.4 is 15.1 Å². The quantitative estimate of drug-likeness (QED) is 0.637. The Morgan fingerprint density at radius 2 is 2.00 bits per heavy atom. The zero-order valence-electron chi connectivity index (χ0n) is 20.0. The van der Waals surface area contributed by atoms with Crippen molar-refractivity contribution in [3.8, 4) is 5.75 Å². The molecule has 180 valence electrons. The molecular formula is C27H32FN3O3. The van der Waals surface area contributed by atoms with Crippen LogP contribution in [0.15, 0.2) is 47.6 Å². The number of fused-ring (bicyclic) bond motifs is 3. The first-order chi connectivity index (χ1) is 16.3. The molecule has 0 aliphatic carbocycles. The highest BCUT2D eigenvalue weighted by molar-refractivity contribution is 6.12. The molecule has 1 unspecified atom stereocenters. The van der Waals surface area contributed by atoms with Crippen molar-refractivity contribution in [2.75, 3.05) is 24.8 Å². The number of benzene rings is 2. The topological polar surface area (TPSA) is 66.3 Å². The minimum atomic E-state index is -1.10. The van der Waals surface area contributed by atoms with Crippen LogP contribution in [0, 0.1) is 11.7 Å². The van der Waals surface area contributed by atoms with Crippen LogP contribution in [0.4, 0.5) is 10.1 Å². The Balaban J connectivity index is 1.49. The number of nitrogens with one attached hydrogen (secondary N) is 1. The van der Waals surface area contributed by atoms with Gasteiger partial charge in [0.25, 0.3) is 0 Å². The van der Waals surface area contributed by atoms with Crippen LogP contribution in [-0.4, -0.2) is 30.8 Å². The Hall–Kier alpha value is -2.90. The van der Waals surface area contributed by atoms with Gasteiger partial charge in [-0.15, -0.1) is 0 Å². The van der Waals surface area contributed by atoms with Crippen LogP contribution in [0.5, 0.6) is 5.75 Å². The van der Waals surface area contributed by atoms with E-state index in [-0.39, 0.29) is 0 Å². The van der Waals surface area contributed by atoms with E-state index in [0.29, 0.717) is 50.0 Å². The molecule has 0 radical (unpaired) electrons. The summed E-state index contributed by atoms with van der Waals surface area (Å²) in [6.45, 7) is 7.91. The van der Waals surface area contributed by atoms with Gasteiger partial charge in [0.1, 0.15) is 23.8 Å². The average molecular weight is 466 g/mol. The van der Waals surface area contributed by atoms with E-state index >= 15 is 0 Å². The van der Waals surface area contributed by atoms with Crippen molar-refractivity contribution in [2.24, 2.45) is 11.0 Å². The fourth-order valence-electron chi connectivity index (χ4n) is 5.24. The minimum Gasteiger partial charge on any atom is -0.483 e. The second kappa shape index (κ2) is 8.71. The Kier molecular flexibility index (Phi) is 5.86. The fraction of sp³-hybridized carbons (Fsp3) is 0.444. The van der Waals surface area contributed by atoms with E-state index in [9.17, 15) is 9.50 Å². The second-order valence-corrected chi connectivity index (χ2v) is 10.1.